The van der Waals surface area contributed by atoms with E-state index in [9.17, 15) is 9.59 Å². The second-order valence-electron chi connectivity index (χ2n) is 5.98. The van der Waals surface area contributed by atoms with Crippen molar-refractivity contribution in [1.82, 2.24) is 10.3 Å². The molecule has 1 aliphatic heterocycles. The van der Waals surface area contributed by atoms with Gasteiger partial charge in [0.25, 0.3) is 5.91 Å². The lowest BCUT2D eigenvalue weighted by Crippen LogP contribution is -2.41. The third kappa shape index (κ3) is 3.31. The normalized spacial score (nSPS) is 16.6. The Balaban J connectivity index is 1.46. The van der Waals surface area contributed by atoms with Crippen LogP contribution in [0.15, 0.2) is 53.3 Å². The predicted octanol–water partition coefficient (Wildman–Crippen LogP) is 2.95. The molecule has 4 rings (SSSR count). The van der Waals surface area contributed by atoms with Crippen molar-refractivity contribution in [2.75, 3.05) is 18.6 Å². The van der Waals surface area contributed by atoms with E-state index >= 15 is 0 Å². The standard InChI is InChI=1S/C19H17N3O4S/c1-25-14-6-3-2-5-13(14)22-9-8-12(19(22)24)21-17(23)16-11-20-18(27-16)15-7-4-10-26-15/h2-7,10-12H,8-9H2,1H3,(H,21,23)/t12-/m0/s1. The van der Waals surface area contributed by atoms with Gasteiger partial charge in [0, 0.05) is 6.54 Å². The van der Waals surface area contributed by atoms with Gasteiger partial charge in [0.15, 0.2) is 10.8 Å². The molecule has 1 aliphatic rings. The van der Waals surface area contributed by atoms with Crippen molar-refractivity contribution in [3.05, 3.63) is 53.7 Å². The molecule has 8 heteroatoms. The fourth-order valence-corrected chi connectivity index (χ4v) is 3.82. The number of hydrogen-bond acceptors (Lipinski definition) is 6. The number of nitrogens with one attached hydrogen (secondary N) is 1. The van der Waals surface area contributed by atoms with E-state index in [4.69, 9.17) is 9.15 Å². The molecule has 1 saturated heterocycles. The number of anilines is 1. The van der Waals surface area contributed by atoms with Crippen LogP contribution in [0.4, 0.5) is 5.69 Å². The Bertz CT molecular complexity index is 967. The molecule has 0 unspecified atom stereocenters. The number of rotatable bonds is 5. The van der Waals surface area contributed by atoms with E-state index in [2.05, 4.69) is 10.3 Å². The van der Waals surface area contributed by atoms with Crippen molar-refractivity contribution >= 4 is 28.8 Å². The van der Waals surface area contributed by atoms with E-state index in [0.717, 1.165) is 0 Å². The van der Waals surface area contributed by atoms with Gasteiger partial charge >= 0.3 is 0 Å². The van der Waals surface area contributed by atoms with E-state index in [1.54, 1.807) is 30.4 Å². The molecular formula is C19H17N3O4S. The first-order chi connectivity index (χ1) is 13.2. The molecule has 7 nitrogen and oxygen atoms in total. The summed E-state index contributed by atoms with van der Waals surface area (Å²) < 4.78 is 10.6. The number of carbonyl (C=O) groups is 2. The smallest absolute Gasteiger partial charge is 0.263 e. The summed E-state index contributed by atoms with van der Waals surface area (Å²) in [5.74, 6) is 0.774. The average Bonchev–Trinajstić information content (AvgIpc) is 3.43. The van der Waals surface area contributed by atoms with Crippen molar-refractivity contribution in [2.45, 2.75) is 12.5 Å². The van der Waals surface area contributed by atoms with Crippen LogP contribution in [0.1, 0.15) is 16.1 Å². The zero-order valence-corrected chi connectivity index (χ0v) is 15.4. The zero-order valence-electron chi connectivity index (χ0n) is 14.5. The van der Waals surface area contributed by atoms with Crippen LogP contribution in [0.3, 0.4) is 0 Å². The Hall–Kier alpha value is -3.13. The molecule has 1 aromatic carbocycles. The van der Waals surface area contributed by atoms with Gasteiger partial charge in [-0.25, -0.2) is 4.98 Å². The van der Waals surface area contributed by atoms with Crippen molar-refractivity contribution in [3.63, 3.8) is 0 Å². The molecule has 1 atom stereocenters. The highest BCUT2D eigenvalue weighted by Crippen LogP contribution is 2.31. The second kappa shape index (κ2) is 7.24. The molecule has 0 aliphatic carbocycles. The minimum Gasteiger partial charge on any atom is -0.495 e. The van der Waals surface area contributed by atoms with Crippen molar-refractivity contribution < 1.29 is 18.7 Å². The second-order valence-corrected chi connectivity index (χ2v) is 7.01. The summed E-state index contributed by atoms with van der Waals surface area (Å²) in [7, 11) is 1.57. The molecule has 0 spiro atoms. The van der Waals surface area contributed by atoms with Crippen LogP contribution in [0, 0.1) is 0 Å². The van der Waals surface area contributed by atoms with Gasteiger partial charge in [-0.05, 0) is 30.7 Å². The topological polar surface area (TPSA) is 84.7 Å². The lowest BCUT2D eigenvalue weighted by molar-refractivity contribution is -0.118. The van der Waals surface area contributed by atoms with Gasteiger partial charge in [-0.15, -0.1) is 11.3 Å². The van der Waals surface area contributed by atoms with Crippen molar-refractivity contribution in [2.24, 2.45) is 0 Å². The molecule has 2 aromatic heterocycles. The predicted molar refractivity (Wildman–Crippen MR) is 101 cm³/mol. The Labute approximate surface area is 159 Å². The number of benzene rings is 1. The van der Waals surface area contributed by atoms with Gasteiger partial charge in [0.2, 0.25) is 5.91 Å². The zero-order chi connectivity index (χ0) is 18.8. The number of thiazole rings is 1. The third-order valence-corrected chi connectivity index (χ3v) is 5.36. The maximum Gasteiger partial charge on any atom is 0.263 e. The highest BCUT2D eigenvalue weighted by molar-refractivity contribution is 7.16. The first-order valence-corrected chi connectivity index (χ1v) is 9.24. The highest BCUT2D eigenvalue weighted by Gasteiger charge is 2.35. The first kappa shape index (κ1) is 17.3. The summed E-state index contributed by atoms with van der Waals surface area (Å²) in [4.78, 5) is 31.6. The summed E-state index contributed by atoms with van der Waals surface area (Å²) in [5, 5.41) is 3.43. The third-order valence-electron chi connectivity index (χ3n) is 4.35. The van der Waals surface area contributed by atoms with Crippen LogP contribution in [-0.2, 0) is 4.79 Å². The average molecular weight is 383 g/mol. The molecule has 1 fully saturated rings. The van der Waals surface area contributed by atoms with Gasteiger partial charge in [0.1, 0.15) is 16.7 Å². The van der Waals surface area contributed by atoms with Gasteiger partial charge in [0.05, 0.1) is 25.3 Å². The largest absolute Gasteiger partial charge is 0.495 e. The van der Waals surface area contributed by atoms with Gasteiger partial charge in [-0.1, -0.05) is 12.1 Å². The Morgan fingerprint density at radius 3 is 2.96 bits per heavy atom. The molecule has 27 heavy (non-hydrogen) atoms. The van der Waals surface area contributed by atoms with Gasteiger partial charge in [-0.2, -0.15) is 0 Å². The van der Waals surface area contributed by atoms with Crippen LogP contribution < -0.4 is 15.0 Å². The number of methoxy groups -OCH3 is 1. The molecule has 0 saturated carbocycles. The number of furan rings is 1. The van der Waals surface area contributed by atoms with E-state index in [1.807, 2.05) is 24.3 Å². The van der Waals surface area contributed by atoms with Crippen molar-refractivity contribution in [1.29, 1.82) is 0 Å². The molecule has 1 N–H and O–H groups in total. The number of nitrogens with zero attached hydrogens (tertiary/aromatic N) is 2. The van der Waals surface area contributed by atoms with Crippen LogP contribution >= 0.6 is 11.3 Å². The maximum absolute atomic E-state index is 12.8. The molecule has 0 bridgehead atoms. The van der Waals surface area contributed by atoms with Crippen LogP contribution in [0.2, 0.25) is 0 Å². The highest BCUT2D eigenvalue weighted by atomic mass is 32.1. The Kier molecular flexibility index (Phi) is 4.64. The number of amides is 2. The quantitative estimate of drug-likeness (QED) is 0.732. The minimum absolute atomic E-state index is 0.149. The number of aromatic nitrogens is 1. The lowest BCUT2D eigenvalue weighted by Gasteiger charge is -2.19. The van der Waals surface area contributed by atoms with Crippen molar-refractivity contribution in [3.8, 4) is 16.5 Å². The summed E-state index contributed by atoms with van der Waals surface area (Å²) in [6.45, 7) is 0.518. The number of ether oxygens (including phenoxy) is 1. The summed E-state index contributed by atoms with van der Waals surface area (Å²) in [6, 6.07) is 10.3. The monoisotopic (exact) mass is 383 g/mol. The summed E-state index contributed by atoms with van der Waals surface area (Å²) >= 11 is 1.22. The Morgan fingerprint density at radius 1 is 1.33 bits per heavy atom. The van der Waals surface area contributed by atoms with E-state index in [-0.39, 0.29) is 11.8 Å². The summed E-state index contributed by atoms with van der Waals surface area (Å²) in [6.07, 6.45) is 3.59. The molecule has 138 valence electrons. The molecular weight excluding hydrogens is 366 g/mol. The van der Waals surface area contributed by atoms with Gasteiger partial charge < -0.3 is 19.4 Å². The molecule has 2 amide bonds. The number of para-hydroxylation sites is 2. The molecule has 0 radical (unpaired) electrons. The number of hydrogen-bond donors (Lipinski definition) is 1. The maximum atomic E-state index is 12.8. The minimum atomic E-state index is -0.573. The molecule has 3 aromatic rings. The fourth-order valence-electron chi connectivity index (χ4n) is 3.03. The van der Waals surface area contributed by atoms with Gasteiger partial charge in [-0.3, -0.25) is 9.59 Å². The fraction of sp³-hybridized carbons (Fsp3) is 0.211. The Morgan fingerprint density at radius 2 is 2.19 bits per heavy atom. The van der Waals surface area contributed by atoms with E-state index in [0.29, 0.717) is 40.0 Å². The van der Waals surface area contributed by atoms with Crippen LogP contribution in [0.5, 0.6) is 5.75 Å². The lowest BCUT2D eigenvalue weighted by atomic mass is 10.2. The summed E-state index contributed by atoms with van der Waals surface area (Å²) in [5.41, 5.74) is 0.708. The number of carbonyl (C=O) groups excluding carboxylic acids is 2. The van der Waals surface area contributed by atoms with E-state index < -0.39 is 6.04 Å². The SMILES string of the molecule is COc1ccccc1N1CC[C@H](NC(=O)c2cnc(-c3ccco3)s2)C1=O. The molecule has 3 heterocycles. The van der Waals surface area contributed by atoms with E-state index in [1.165, 1.54) is 17.5 Å². The first-order valence-electron chi connectivity index (χ1n) is 8.42. The van der Waals surface area contributed by atoms with Crippen LogP contribution in [-0.4, -0.2) is 36.5 Å². The van der Waals surface area contributed by atoms with Crippen LogP contribution in [0.25, 0.3) is 10.8 Å².